The van der Waals surface area contributed by atoms with Crippen molar-refractivity contribution in [2.45, 2.75) is 13.1 Å². The highest BCUT2D eigenvalue weighted by Gasteiger charge is 2.21. The molecule has 0 spiro atoms. The summed E-state index contributed by atoms with van der Waals surface area (Å²) in [5, 5.41) is 2.76. The average Bonchev–Trinajstić information content (AvgIpc) is 3.11. The van der Waals surface area contributed by atoms with Crippen LogP contribution in [0, 0.1) is 11.6 Å². The third-order valence-corrected chi connectivity index (χ3v) is 4.65. The van der Waals surface area contributed by atoms with Gasteiger partial charge in [0, 0.05) is 12.1 Å². The van der Waals surface area contributed by atoms with Crippen molar-refractivity contribution in [2.75, 3.05) is 0 Å². The van der Waals surface area contributed by atoms with Crippen LogP contribution in [-0.4, -0.2) is 21.2 Å². The van der Waals surface area contributed by atoms with Crippen LogP contribution < -0.4 is 5.32 Å². The number of rotatable bonds is 6. The van der Waals surface area contributed by atoms with E-state index in [4.69, 9.17) is 0 Å². The molecular weight excluding hydrogens is 388 g/mol. The van der Waals surface area contributed by atoms with E-state index in [0.29, 0.717) is 11.0 Å². The summed E-state index contributed by atoms with van der Waals surface area (Å²) in [5.41, 5.74) is 2.08. The molecule has 1 heterocycles. The Labute approximate surface area is 171 Å². The lowest BCUT2D eigenvalue weighted by Crippen LogP contribution is -2.28. The normalized spacial score (nSPS) is 10.9. The van der Waals surface area contributed by atoms with Crippen LogP contribution in [0.1, 0.15) is 21.7 Å². The molecule has 4 aromatic rings. The number of carbonyl (C=O) groups excluding carboxylic acids is 2. The highest BCUT2D eigenvalue weighted by atomic mass is 19.1. The summed E-state index contributed by atoms with van der Waals surface area (Å²) < 4.78 is 28.1. The van der Waals surface area contributed by atoms with Crippen LogP contribution in [0.2, 0.25) is 0 Å². The fraction of sp³-hybridized carbons (Fsp3) is 0.0870. The Morgan fingerprint density at radius 1 is 0.900 bits per heavy atom. The molecule has 0 radical (unpaired) electrons. The molecule has 3 aromatic carbocycles. The summed E-state index contributed by atoms with van der Waals surface area (Å²) in [6.07, 6.45) is 0. The molecule has 1 amide bonds. The number of hydrogen-bond donors (Lipinski definition) is 1. The molecule has 4 rings (SSSR count). The van der Waals surface area contributed by atoms with Crippen molar-refractivity contribution < 1.29 is 18.4 Å². The Kier molecular flexibility index (Phi) is 5.34. The van der Waals surface area contributed by atoms with Crippen LogP contribution in [0.3, 0.4) is 0 Å². The van der Waals surface area contributed by atoms with E-state index < -0.39 is 11.6 Å². The largest absolute Gasteiger partial charge is 0.350 e. The van der Waals surface area contributed by atoms with E-state index in [0.717, 1.165) is 11.6 Å². The molecule has 0 fully saturated rings. The first-order valence-corrected chi connectivity index (χ1v) is 9.28. The molecule has 0 aliphatic rings. The van der Waals surface area contributed by atoms with Gasteiger partial charge in [-0.05, 0) is 42.0 Å². The number of nitrogens with one attached hydrogen (secondary N) is 1. The lowest BCUT2D eigenvalue weighted by molar-refractivity contribution is -0.121. The maximum Gasteiger partial charge on any atom is 0.240 e. The summed E-state index contributed by atoms with van der Waals surface area (Å²) in [6.45, 7) is 0.0804. The third-order valence-electron chi connectivity index (χ3n) is 4.65. The van der Waals surface area contributed by atoms with E-state index in [1.54, 1.807) is 36.4 Å². The quantitative estimate of drug-likeness (QED) is 0.496. The summed E-state index contributed by atoms with van der Waals surface area (Å²) in [4.78, 5) is 29.9. The minimum absolute atomic E-state index is 0.0544. The van der Waals surface area contributed by atoms with E-state index in [9.17, 15) is 18.4 Å². The molecule has 7 heteroatoms. The molecule has 0 atom stereocenters. The highest BCUT2D eigenvalue weighted by Crippen LogP contribution is 2.19. The number of nitrogens with zero attached hydrogens (tertiary/aromatic N) is 2. The van der Waals surface area contributed by atoms with Crippen molar-refractivity contribution >= 4 is 22.7 Å². The molecule has 0 bridgehead atoms. The number of hydrogen-bond acceptors (Lipinski definition) is 3. The number of carbonyl (C=O) groups is 2. The summed E-state index contributed by atoms with van der Waals surface area (Å²) in [7, 11) is 0. The Hall–Kier alpha value is -3.87. The van der Waals surface area contributed by atoms with Gasteiger partial charge in [-0.15, -0.1) is 0 Å². The van der Waals surface area contributed by atoms with Crippen molar-refractivity contribution in [3.8, 4) is 0 Å². The Morgan fingerprint density at radius 2 is 1.67 bits per heavy atom. The minimum atomic E-state index is -0.527. The SMILES string of the molecule is O=C(Cn1c(C(=O)c2cccc(F)c2)nc2ccccc21)NCc1ccc(F)cc1. The van der Waals surface area contributed by atoms with Gasteiger partial charge in [-0.3, -0.25) is 9.59 Å². The smallest absolute Gasteiger partial charge is 0.240 e. The fourth-order valence-electron chi connectivity index (χ4n) is 3.17. The first kappa shape index (κ1) is 19.4. The van der Waals surface area contributed by atoms with Crippen LogP contribution in [0.15, 0.2) is 72.8 Å². The lowest BCUT2D eigenvalue weighted by Gasteiger charge is -2.10. The molecule has 0 saturated carbocycles. The monoisotopic (exact) mass is 405 g/mol. The Balaban J connectivity index is 1.60. The van der Waals surface area contributed by atoms with Crippen molar-refractivity contribution in [2.24, 2.45) is 0 Å². The number of ketones is 1. The second-order valence-electron chi connectivity index (χ2n) is 6.75. The van der Waals surface area contributed by atoms with E-state index in [-0.39, 0.29) is 36.2 Å². The number of imidazole rings is 1. The second-order valence-corrected chi connectivity index (χ2v) is 6.75. The molecular formula is C23H17F2N3O2. The molecule has 0 unspecified atom stereocenters. The Morgan fingerprint density at radius 3 is 2.43 bits per heavy atom. The van der Waals surface area contributed by atoms with Gasteiger partial charge in [0.15, 0.2) is 5.82 Å². The molecule has 30 heavy (non-hydrogen) atoms. The number of amides is 1. The standard InChI is InChI=1S/C23H17F2N3O2/c24-17-10-8-15(9-11-17)13-26-21(29)14-28-20-7-2-1-6-19(20)27-23(28)22(30)16-4-3-5-18(25)12-16/h1-12H,13-14H2,(H,26,29). The van der Waals surface area contributed by atoms with E-state index in [1.165, 1.54) is 34.9 Å². The molecule has 0 saturated heterocycles. The van der Waals surface area contributed by atoms with Crippen molar-refractivity contribution in [3.63, 3.8) is 0 Å². The molecule has 0 aliphatic heterocycles. The van der Waals surface area contributed by atoms with Gasteiger partial charge in [-0.25, -0.2) is 13.8 Å². The van der Waals surface area contributed by atoms with Crippen molar-refractivity contribution in [1.29, 1.82) is 0 Å². The molecule has 0 aliphatic carbocycles. The van der Waals surface area contributed by atoms with Gasteiger partial charge in [0.05, 0.1) is 11.0 Å². The highest BCUT2D eigenvalue weighted by molar-refractivity contribution is 6.08. The van der Waals surface area contributed by atoms with Gasteiger partial charge >= 0.3 is 0 Å². The molecule has 1 N–H and O–H groups in total. The third kappa shape index (κ3) is 4.10. The predicted octanol–water partition coefficient (Wildman–Crippen LogP) is 3.86. The van der Waals surface area contributed by atoms with E-state index >= 15 is 0 Å². The molecule has 5 nitrogen and oxygen atoms in total. The van der Waals surface area contributed by atoms with E-state index in [2.05, 4.69) is 10.3 Å². The van der Waals surface area contributed by atoms with Gasteiger partial charge in [0.2, 0.25) is 11.7 Å². The van der Waals surface area contributed by atoms with Gasteiger partial charge < -0.3 is 9.88 Å². The minimum Gasteiger partial charge on any atom is -0.350 e. The number of fused-ring (bicyclic) bond motifs is 1. The summed E-state index contributed by atoms with van der Waals surface area (Å²) in [5.74, 6) is -1.64. The van der Waals surface area contributed by atoms with Crippen LogP contribution in [0.25, 0.3) is 11.0 Å². The van der Waals surface area contributed by atoms with Crippen molar-refractivity contribution in [3.05, 3.63) is 101 Å². The summed E-state index contributed by atoms with van der Waals surface area (Å²) in [6, 6.07) is 18.2. The van der Waals surface area contributed by atoms with Gasteiger partial charge in [0.25, 0.3) is 0 Å². The second kappa shape index (κ2) is 8.24. The topological polar surface area (TPSA) is 64.0 Å². The van der Waals surface area contributed by atoms with Gasteiger partial charge in [-0.2, -0.15) is 0 Å². The number of aromatic nitrogens is 2. The van der Waals surface area contributed by atoms with Crippen LogP contribution >= 0.6 is 0 Å². The average molecular weight is 405 g/mol. The zero-order chi connectivity index (χ0) is 21.1. The van der Waals surface area contributed by atoms with Crippen LogP contribution in [0.4, 0.5) is 8.78 Å². The number of para-hydroxylation sites is 2. The van der Waals surface area contributed by atoms with Crippen molar-refractivity contribution in [1.82, 2.24) is 14.9 Å². The summed E-state index contributed by atoms with van der Waals surface area (Å²) >= 11 is 0. The van der Waals surface area contributed by atoms with E-state index in [1.807, 2.05) is 0 Å². The predicted molar refractivity (Wildman–Crippen MR) is 108 cm³/mol. The number of halogens is 2. The maximum absolute atomic E-state index is 13.6. The van der Waals surface area contributed by atoms with Gasteiger partial charge in [0.1, 0.15) is 18.2 Å². The Bertz CT molecular complexity index is 1230. The lowest BCUT2D eigenvalue weighted by atomic mass is 10.1. The zero-order valence-electron chi connectivity index (χ0n) is 15.8. The zero-order valence-corrected chi connectivity index (χ0v) is 15.8. The van der Waals surface area contributed by atoms with Crippen LogP contribution in [0.5, 0.6) is 0 Å². The molecule has 150 valence electrons. The van der Waals surface area contributed by atoms with Crippen LogP contribution in [-0.2, 0) is 17.9 Å². The van der Waals surface area contributed by atoms with Gasteiger partial charge in [-0.1, -0.05) is 36.4 Å². The fourth-order valence-corrected chi connectivity index (χ4v) is 3.17. The first-order valence-electron chi connectivity index (χ1n) is 9.28. The number of benzene rings is 3. The maximum atomic E-state index is 13.6. The molecule has 1 aromatic heterocycles. The first-order chi connectivity index (χ1) is 14.5.